The fraction of sp³-hybridized carbons (Fsp3) is 0.571. The fourth-order valence-electron chi connectivity index (χ4n) is 5.89. The maximum atomic E-state index is 14.4. The Bertz CT molecular complexity index is 926. The molecule has 2 aromatic rings. The number of hydrogen-bond donors (Lipinski definition) is 0. The highest BCUT2D eigenvalue weighted by atomic mass is 19.4. The normalized spacial score (nSPS) is 25.7. The van der Waals surface area contributed by atoms with E-state index < -0.39 is 6.36 Å². The first kappa shape index (κ1) is 24.9. The molecule has 186 valence electrons. The second-order valence-electron chi connectivity index (χ2n) is 10.0. The molecular formula is C28H34F4O2. The Hall–Kier alpha value is -2.24. The first-order valence-electron chi connectivity index (χ1n) is 12.6. The molecule has 0 radical (unpaired) electrons. The zero-order chi connectivity index (χ0) is 24.1. The summed E-state index contributed by atoms with van der Waals surface area (Å²) >= 11 is 0. The molecule has 2 nitrogen and oxygen atoms in total. The van der Waals surface area contributed by atoms with Gasteiger partial charge in [-0.15, -0.1) is 13.2 Å². The molecule has 0 atom stereocenters. The fourth-order valence-corrected chi connectivity index (χ4v) is 5.89. The Morgan fingerprint density at radius 1 is 0.824 bits per heavy atom. The number of ether oxygens (including phenoxy) is 2. The van der Waals surface area contributed by atoms with E-state index in [9.17, 15) is 17.6 Å². The second-order valence-corrected chi connectivity index (χ2v) is 10.0. The number of rotatable bonds is 7. The highest BCUT2D eigenvalue weighted by Crippen LogP contribution is 2.44. The van der Waals surface area contributed by atoms with Crippen LogP contribution < -0.4 is 9.47 Å². The van der Waals surface area contributed by atoms with Gasteiger partial charge >= 0.3 is 6.36 Å². The van der Waals surface area contributed by atoms with Gasteiger partial charge in [0.15, 0.2) is 0 Å². The minimum atomic E-state index is -4.75. The van der Waals surface area contributed by atoms with Crippen LogP contribution in [0.5, 0.6) is 11.5 Å². The SMILES string of the molecule is CCC1CCC(C2CCC(c3cc(F)cc(OCc4cccc(OC(F)(F)F)c4)c3)CC2)CC1. The number of halogens is 4. The molecule has 0 heterocycles. The van der Waals surface area contributed by atoms with Gasteiger partial charge in [-0.05, 0) is 97.6 Å². The van der Waals surface area contributed by atoms with E-state index in [2.05, 4.69) is 11.7 Å². The van der Waals surface area contributed by atoms with Gasteiger partial charge < -0.3 is 9.47 Å². The molecule has 34 heavy (non-hydrogen) atoms. The molecule has 0 unspecified atom stereocenters. The zero-order valence-corrected chi connectivity index (χ0v) is 19.8. The van der Waals surface area contributed by atoms with Crippen molar-refractivity contribution < 1.29 is 27.0 Å². The lowest BCUT2D eigenvalue weighted by Gasteiger charge is -2.38. The van der Waals surface area contributed by atoms with E-state index in [-0.39, 0.29) is 18.2 Å². The molecule has 0 spiro atoms. The van der Waals surface area contributed by atoms with Crippen molar-refractivity contribution in [2.75, 3.05) is 0 Å². The summed E-state index contributed by atoms with van der Waals surface area (Å²) in [5.41, 5.74) is 1.48. The predicted octanol–water partition coefficient (Wildman–Crippen LogP) is 8.79. The van der Waals surface area contributed by atoms with Crippen LogP contribution in [0.1, 0.15) is 81.8 Å². The van der Waals surface area contributed by atoms with Crippen molar-refractivity contribution in [2.24, 2.45) is 17.8 Å². The first-order chi connectivity index (χ1) is 16.3. The van der Waals surface area contributed by atoms with Crippen LogP contribution in [-0.2, 0) is 6.61 Å². The third-order valence-electron chi connectivity index (χ3n) is 7.81. The Morgan fingerprint density at radius 3 is 2.15 bits per heavy atom. The van der Waals surface area contributed by atoms with Gasteiger partial charge in [-0.2, -0.15) is 0 Å². The van der Waals surface area contributed by atoms with Gasteiger partial charge in [-0.1, -0.05) is 38.3 Å². The molecule has 4 rings (SSSR count). The minimum absolute atomic E-state index is 0.0329. The summed E-state index contributed by atoms with van der Waals surface area (Å²) in [7, 11) is 0. The van der Waals surface area contributed by atoms with Crippen LogP contribution in [0.3, 0.4) is 0 Å². The highest BCUT2D eigenvalue weighted by molar-refractivity contribution is 5.33. The molecule has 2 fully saturated rings. The van der Waals surface area contributed by atoms with Gasteiger partial charge in [0.2, 0.25) is 0 Å². The smallest absolute Gasteiger partial charge is 0.489 e. The standard InChI is InChI=1S/C28H34F4O2/c1-2-19-6-8-21(9-7-19)22-10-12-23(13-11-22)24-15-25(29)17-27(16-24)33-18-20-4-3-5-26(14-20)34-28(30,31)32/h3-5,14-17,19,21-23H,2,6-13,18H2,1H3. The second kappa shape index (κ2) is 11.0. The van der Waals surface area contributed by atoms with Crippen molar-refractivity contribution in [2.45, 2.75) is 83.6 Å². The molecular weight excluding hydrogens is 444 g/mol. The van der Waals surface area contributed by atoms with E-state index in [1.165, 1.54) is 69.2 Å². The van der Waals surface area contributed by atoms with Crippen LogP contribution >= 0.6 is 0 Å². The average Bonchev–Trinajstić information content (AvgIpc) is 2.82. The summed E-state index contributed by atoms with van der Waals surface area (Å²) in [6.45, 7) is 2.33. The molecule has 0 aromatic heterocycles. The van der Waals surface area contributed by atoms with Crippen LogP contribution in [0.4, 0.5) is 17.6 Å². The monoisotopic (exact) mass is 478 g/mol. The number of hydrogen-bond acceptors (Lipinski definition) is 2. The largest absolute Gasteiger partial charge is 0.573 e. The Labute approximate surface area is 199 Å². The Balaban J connectivity index is 1.33. The quantitative estimate of drug-likeness (QED) is 0.370. The topological polar surface area (TPSA) is 18.5 Å². The maximum absolute atomic E-state index is 14.4. The van der Waals surface area contributed by atoms with E-state index in [1.807, 2.05) is 6.07 Å². The van der Waals surface area contributed by atoms with Crippen molar-refractivity contribution in [1.82, 2.24) is 0 Å². The summed E-state index contributed by atoms with van der Waals surface area (Å²) < 4.78 is 61.4. The summed E-state index contributed by atoms with van der Waals surface area (Å²) in [4.78, 5) is 0. The summed E-state index contributed by atoms with van der Waals surface area (Å²) in [6, 6.07) is 10.5. The lowest BCUT2D eigenvalue weighted by atomic mass is 9.68. The minimum Gasteiger partial charge on any atom is -0.489 e. The predicted molar refractivity (Wildman–Crippen MR) is 124 cm³/mol. The summed E-state index contributed by atoms with van der Waals surface area (Å²) in [6.07, 6.45) is 6.56. The van der Waals surface area contributed by atoms with Gasteiger partial charge in [0.05, 0.1) is 0 Å². The zero-order valence-electron chi connectivity index (χ0n) is 19.8. The van der Waals surface area contributed by atoms with Crippen LogP contribution in [-0.4, -0.2) is 6.36 Å². The van der Waals surface area contributed by atoms with Crippen molar-refractivity contribution in [3.05, 3.63) is 59.4 Å². The molecule has 2 aromatic carbocycles. The van der Waals surface area contributed by atoms with Gasteiger partial charge in [0.1, 0.15) is 23.9 Å². The van der Waals surface area contributed by atoms with Gasteiger partial charge in [-0.3, -0.25) is 0 Å². The van der Waals surface area contributed by atoms with E-state index in [4.69, 9.17) is 4.74 Å². The number of alkyl halides is 3. The van der Waals surface area contributed by atoms with Gasteiger partial charge in [-0.25, -0.2) is 4.39 Å². The molecule has 6 heteroatoms. The lowest BCUT2D eigenvalue weighted by molar-refractivity contribution is -0.274. The van der Waals surface area contributed by atoms with Crippen molar-refractivity contribution >= 4 is 0 Å². The Kier molecular flexibility index (Phi) is 8.05. The third kappa shape index (κ3) is 6.89. The third-order valence-corrected chi connectivity index (χ3v) is 7.81. The molecule has 0 saturated heterocycles. The van der Waals surface area contributed by atoms with E-state index in [0.29, 0.717) is 17.2 Å². The molecule has 2 saturated carbocycles. The Morgan fingerprint density at radius 2 is 1.50 bits per heavy atom. The number of benzene rings is 2. The van der Waals surface area contributed by atoms with Crippen molar-refractivity contribution in [1.29, 1.82) is 0 Å². The van der Waals surface area contributed by atoms with Crippen LogP contribution in [0, 0.1) is 23.6 Å². The van der Waals surface area contributed by atoms with Crippen LogP contribution in [0.25, 0.3) is 0 Å². The molecule has 0 bridgehead atoms. The van der Waals surface area contributed by atoms with Crippen molar-refractivity contribution in [3.8, 4) is 11.5 Å². The van der Waals surface area contributed by atoms with E-state index in [1.54, 1.807) is 12.1 Å². The van der Waals surface area contributed by atoms with E-state index in [0.717, 1.165) is 36.2 Å². The molecule has 0 aliphatic heterocycles. The van der Waals surface area contributed by atoms with E-state index >= 15 is 0 Å². The molecule has 0 N–H and O–H groups in total. The van der Waals surface area contributed by atoms with Crippen LogP contribution in [0.2, 0.25) is 0 Å². The van der Waals surface area contributed by atoms with Crippen LogP contribution in [0.15, 0.2) is 42.5 Å². The van der Waals surface area contributed by atoms with Gasteiger partial charge in [0, 0.05) is 6.07 Å². The molecule has 0 amide bonds. The average molecular weight is 479 g/mol. The lowest BCUT2D eigenvalue weighted by Crippen LogP contribution is -2.25. The maximum Gasteiger partial charge on any atom is 0.573 e. The molecule has 2 aliphatic carbocycles. The van der Waals surface area contributed by atoms with Gasteiger partial charge in [0.25, 0.3) is 0 Å². The summed E-state index contributed by atoms with van der Waals surface area (Å²) in [5.74, 6) is 2.65. The first-order valence-corrected chi connectivity index (χ1v) is 12.6. The van der Waals surface area contributed by atoms with Crippen molar-refractivity contribution in [3.63, 3.8) is 0 Å². The summed E-state index contributed by atoms with van der Waals surface area (Å²) in [5, 5.41) is 0. The molecule has 2 aliphatic rings. The highest BCUT2D eigenvalue weighted by Gasteiger charge is 2.32.